The van der Waals surface area contributed by atoms with Crippen LogP contribution in [0.15, 0.2) is 48.8 Å². The number of hydrogen-bond acceptors (Lipinski definition) is 3. The molecule has 0 saturated carbocycles. The average Bonchev–Trinajstić information content (AvgIpc) is 3.02. The highest BCUT2D eigenvalue weighted by molar-refractivity contribution is 5.73. The van der Waals surface area contributed by atoms with E-state index in [1.165, 1.54) is 31.4 Å². The minimum absolute atomic E-state index is 0.333. The van der Waals surface area contributed by atoms with Crippen LogP contribution in [0.25, 0.3) is 11.1 Å². The molecule has 2 aromatic rings. The Hall–Kier alpha value is -2.56. The second-order valence-electron chi connectivity index (χ2n) is 5.07. The van der Waals surface area contributed by atoms with Gasteiger partial charge >= 0.3 is 0 Å². The van der Waals surface area contributed by atoms with Crippen molar-refractivity contribution in [1.82, 2.24) is 10.2 Å². The molecule has 2 aromatic carbocycles. The highest BCUT2D eigenvalue weighted by atomic mass is 19.1. The second-order valence-corrected chi connectivity index (χ2v) is 5.07. The van der Waals surface area contributed by atoms with Gasteiger partial charge in [-0.15, -0.1) is 0 Å². The number of methoxy groups -OCH3 is 1. The minimum atomic E-state index is -0.384. The van der Waals surface area contributed by atoms with E-state index in [4.69, 9.17) is 4.74 Å². The number of hydrogen-bond donors (Lipinski definition) is 1. The molecule has 0 bridgehead atoms. The van der Waals surface area contributed by atoms with Gasteiger partial charge in [0.2, 0.25) is 0 Å². The van der Waals surface area contributed by atoms with Crippen molar-refractivity contribution in [1.29, 1.82) is 0 Å². The zero-order chi connectivity index (χ0) is 15.5. The van der Waals surface area contributed by atoms with Crippen molar-refractivity contribution in [2.75, 3.05) is 13.8 Å². The van der Waals surface area contributed by atoms with E-state index in [0.29, 0.717) is 30.1 Å². The summed E-state index contributed by atoms with van der Waals surface area (Å²) >= 11 is 0. The Balaban J connectivity index is 2.05. The van der Waals surface area contributed by atoms with E-state index in [9.17, 15) is 8.78 Å². The van der Waals surface area contributed by atoms with Crippen LogP contribution in [-0.2, 0) is 6.54 Å². The summed E-state index contributed by atoms with van der Waals surface area (Å²) in [6.07, 6.45) is 3.80. The largest absolute Gasteiger partial charge is 0.496 e. The molecule has 0 atom stereocenters. The van der Waals surface area contributed by atoms with E-state index in [0.717, 1.165) is 5.56 Å². The SMILES string of the molecule is COc1cc(F)ccc1-c1cc(F)ccc1CN1C=CNC1. The molecule has 0 amide bonds. The van der Waals surface area contributed by atoms with Crippen molar-refractivity contribution in [2.45, 2.75) is 6.54 Å². The third-order valence-electron chi connectivity index (χ3n) is 3.60. The molecule has 0 radical (unpaired) electrons. The van der Waals surface area contributed by atoms with Crippen LogP contribution >= 0.6 is 0 Å². The Morgan fingerprint density at radius 2 is 1.86 bits per heavy atom. The van der Waals surface area contributed by atoms with Crippen molar-refractivity contribution in [3.63, 3.8) is 0 Å². The maximum Gasteiger partial charge on any atom is 0.129 e. The smallest absolute Gasteiger partial charge is 0.129 e. The number of halogens is 2. The Bertz CT molecular complexity index is 716. The van der Waals surface area contributed by atoms with Crippen LogP contribution in [0.1, 0.15) is 5.56 Å². The number of rotatable bonds is 4. The fraction of sp³-hybridized carbons (Fsp3) is 0.176. The van der Waals surface area contributed by atoms with E-state index in [2.05, 4.69) is 10.2 Å². The van der Waals surface area contributed by atoms with Gasteiger partial charge in [-0.1, -0.05) is 6.07 Å². The molecule has 1 heterocycles. The minimum Gasteiger partial charge on any atom is -0.496 e. The van der Waals surface area contributed by atoms with Gasteiger partial charge in [-0.2, -0.15) is 0 Å². The molecule has 0 spiro atoms. The molecule has 22 heavy (non-hydrogen) atoms. The van der Waals surface area contributed by atoms with Gasteiger partial charge in [0, 0.05) is 30.6 Å². The van der Waals surface area contributed by atoms with Gasteiger partial charge in [-0.3, -0.25) is 0 Å². The Labute approximate surface area is 127 Å². The molecule has 0 fully saturated rings. The summed E-state index contributed by atoms with van der Waals surface area (Å²) in [6.45, 7) is 1.33. The highest BCUT2D eigenvalue weighted by Crippen LogP contribution is 2.34. The zero-order valence-corrected chi connectivity index (χ0v) is 12.1. The molecule has 0 aliphatic carbocycles. The van der Waals surface area contributed by atoms with E-state index in [1.54, 1.807) is 12.1 Å². The summed E-state index contributed by atoms with van der Waals surface area (Å²) < 4.78 is 32.3. The molecule has 1 aliphatic rings. The standard InChI is InChI=1S/C17H16F2N2O/c1-22-17-9-14(19)4-5-15(17)16-8-13(18)3-2-12(16)10-21-7-6-20-11-21/h2-9,20H,10-11H2,1H3. The molecule has 3 rings (SSSR count). The van der Waals surface area contributed by atoms with Gasteiger partial charge in [0.05, 0.1) is 13.8 Å². The van der Waals surface area contributed by atoms with Gasteiger partial charge in [0.15, 0.2) is 0 Å². The second kappa shape index (κ2) is 6.05. The van der Waals surface area contributed by atoms with E-state index in [-0.39, 0.29) is 11.6 Å². The topological polar surface area (TPSA) is 24.5 Å². The van der Waals surface area contributed by atoms with Gasteiger partial charge in [-0.25, -0.2) is 8.78 Å². The zero-order valence-electron chi connectivity index (χ0n) is 12.1. The van der Waals surface area contributed by atoms with Gasteiger partial charge < -0.3 is 15.0 Å². The van der Waals surface area contributed by atoms with Crippen LogP contribution in [0.2, 0.25) is 0 Å². The molecular formula is C17H16F2N2O. The average molecular weight is 302 g/mol. The fourth-order valence-corrected chi connectivity index (χ4v) is 2.53. The van der Waals surface area contributed by atoms with Crippen molar-refractivity contribution in [2.24, 2.45) is 0 Å². The highest BCUT2D eigenvalue weighted by Gasteiger charge is 2.15. The lowest BCUT2D eigenvalue weighted by atomic mass is 9.98. The maximum absolute atomic E-state index is 13.7. The summed E-state index contributed by atoms with van der Waals surface area (Å²) in [4.78, 5) is 2.06. The molecule has 114 valence electrons. The monoisotopic (exact) mass is 302 g/mol. The molecule has 5 heteroatoms. The summed E-state index contributed by atoms with van der Waals surface area (Å²) in [6, 6.07) is 8.91. The van der Waals surface area contributed by atoms with Crippen LogP contribution < -0.4 is 10.1 Å². The number of benzene rings is 2. The Kier molecular flexibility index (Phi) is 3.96. The first-order valence-electron chi connectivity index (χ1n) is 6.94. The van der Waals surface area contributed by atoms with E-state index >= 15 is 0 Å². The van der Waals surface area contributed by atoms with Gasteiger partial charge in [0.25, 0.3) is 0 Å². The van der Waals surface area contributed by atoms with Crippen LogP contribution in [-0.4, -0.2) is 18.7 Å². The number of nitrogens with zero attached hydrogens (tertiary/aromatic N) is 1. The third-order valence-corrected chi connectivity index (χ3v) is 3.60. The maximum atomic E-state index is 13.7. The lowest BCUT2D eigenvalue weighted by Crippen LogP contribution is -2.20. The molecular weight excluding hydrogens is 286 g/mol. The van der Waals surface area contributed by atoms with Crippen molar-refractivity contribution >= 4 is 0 Å². The first-order valence-corrected chi connectivity index (χ1v) is 6.94. The molecule has 3 nitrogen and oxygen atoms in total. The number of nitrogens with one attached hydrogen (secondary N) is 1. The summed E-state index contributed by atoms with van der Waals surface area (Å²) in [5, 5.41) is 3.09. The van der Waals surface area contributed by atoms with Crippen LogP contribution in [0.5, 0.6) is 5.75 Å². The Morgan fingerprint density at radius 1 is 1.09 bits per heavy atom. The van der Waals surface area contributed by atoms with Crippen molar-refractivity contribution in [3.8, 4) is 16.9 Å². The van der Waals surface area contributed by atoms with Crippen LogP contribution in [0.3, 0.4) is 0 Å². The van der Waals surface area contributed by atoms with Gasteiger partial charge in [-0.05, 0) is 35.4 Å². The summed E-state index contributed by atoms with van der Waals surface area (Å²) in [5.74, 6) is -0.326. The Morgan fingerprint density at radius 3 is 2.59 bits per heavy atom. The van der Waals surface area contributed by atoms with Crippen LogP contribution in [0, 0.1) is 11.6 Å². The van der Waals surface area contributed by atoms with Gasteiger partial charge in [0.1, 0.15) is 17.4 Å². The first kappa shape index (κ1) is 14.4. The molecule has 1 N–H and O–H groups in total. The van der Waals surface area contributed by atoms with E-state index in [1.807, 2.05) is 12.4 Å². The van der Waals surface area contributed by atoms with E-state index < -0.39 is 0 Å². The molecule has 1 aliphatic heterocycles. The fourth-order valence-electron chi connectivity index (χ4n) is 2.53. The molecule has 0 unspecified atom stereocenters. The number of ether oxygens (including phenoxy) is 1. The lowest BCUT2D eigenvalue weighted by molar-refractivity contribution is 0.385. The summed E-state index contributed by atoms with van der Waals surface area (Å²) in [7, 11) is 1.48. The van der Waals surface area contributed by atoms with Crippen molar-refractivity contribution < 1.29 is 13.5 Å². The molecule has 0 aromatic heterocycles. The predicted molar refractivity (Wildman–Crippen MR) is 81.0 cm³/mol. The predicted octanol–water partition coefficient (Wildman–Crippen LogP) is 3.47. The quantitative estimate of drug-likeness (QED) is 0.936. The third kappa shape index (κ3) is 2.88. The van der Waals surface area contributed by atoms with Crippen molar-refractivity contribution in [3.05, 3.63) is 66.0 Å². The normalized spacial score (nSPS) is 13.3. The lowest BCUT2D eigenvalue weighted by Gasteiger charge is -2.19. The van der Waals surface area contributed by atoms with Crippen LogP contribution in [0.4, 0.5) is 8.78 Å². The summed E-state index contributed by atoms with van der Waals surface area (Å²) in [5.41, 5.74) is 2.33. The first-order chi connectivity index (χ1) is 10.7. The molecule has 0 saturated heterocycles.